The van der Waals surface area contributed by atoms with Crippen molar-refractivity contribution in [3.05, 3.63) is 30.3 Å². The maximum absolute atomic E-state index is 12.3. The van der Waals surface area contributed by atoms with Gasteiger partial charge in [0.1, 0.15) is 5.75 Å². The number of para-hydroxylation sites is 1. The van der Waals surface area contributed by atoms with Crippen LogP contribution in [-0.4, -0.2) is 25.1 Å². The van der Waals surface area contributed by atoms with Crippen molar-refractivity contribution in [2.24, 2.45) is 17.6 Å². The Morgan fingerprint density at radius 3 is 2.77 bits per heavy atom. The maximum atomic E-state index is 12.3. The van der Waals surface area contributed by atoms with Crippen LogP contribution in [-0.2, 0) is 4.79 Å². The number of amides is 1. The van der Waals surface area contributed by atoms with Crippen molar-refractivity contribution in [2.75, 3.05) is 13.2 Å². The molecule has 3 unspecified atom stereocenters. The highest BCUT2D eigenvalue weighted by molar-refractivity contribution is 5.78. The minimum Gasteiger partial charge on any atom is -0.494 e. The van der Waals surface area contributed by atoms with Gasteiger partial charge in [-0.3, -0.25) is 4.79 Å². The van der Waals surface area contributed by atoms with E-state index in [9.17, 15) is 4.79 Å². The van der Waals surface area contributed by atoms with Gasteiger partial charge < -0.3 is 15.8 Å². The second-order valence-corrected chi connectivity index (χ2v) is 6.25. The van der Waals surface area contributed by atoms with Gasteiger partial charge in [0.15, 0.2) is 0 Å². The first-order valence-electron chi connectivity index (χ1n) is 8.39. The molecule has 4 nitrogen and oxygen atoms in total. The van der Waals surface area contributed by atoms with E-state index in [-0.39, 0.29) is 17.9 Å². The summed E-state index contributed by atoms with van der Waals surface area (Å²) in [6, 6.07) is 9.96. The van der Waals surface area contributed by atoms with Crippen LogP contribution in [0.3, 0.4) is 0 Å². The SMILES string of the molecule is CC(CCOc1ccccc1)C(=O)NC1CCCCC1CN. The molecule has 0 bridgehead atoms. The monoisotopic (exact) mass is 304 g/mol. The standard InChI is InChI=1S/C18H28N2O2/c1-14(11-12-22-16-8-3-2-4-9-16)18(21)20-17-10-6-5-7-15(17)13-19/h2-4,8-9,14-15,17H,5-7,10-13,19H2,1H3,(H,20,21). The molecular formula is C18H28N2O2. The number of rotatable bonds is 7. The number of nitrogens with one attached hydrogen (secondary N) is 1. The Bertz CT molecular complexity index is 450. The molecule has 1 saturated carbocycles. The summed E-state index contributed by atoms with van der Waals surface area (Å²) in [4.78, 5) is 12.3. The second kappa shape index (κ2) is 8.79. The van der Waals surface area contributed by atoms with Gasteiger partial charge >= 0.3 is 0 Å². The predicted octanol–water partition coefficient (Wildman–Crippen LogP) is 2.73. The van der Waals surface area contributed by atoms with E-state index in [1.807, 2.05) is 37.3 Å². The van der Waals surface area contributed by atoms with Gasteiger partial charge in [0.2, 0.25) is 5.91 Å². The lowest BCUT2D eigenvalue weighted by atomic mass is 9.84. The van der Waals surface area contributed by atoms with Crippen LogP contribution in [0.15, 0.2) is 30.3 Å². The first-order chi connectivity index (χ1) is 10.7. The number of benzene rings is 1. The maximum Gasteiger partial charge on any atom is 0.223 e. The summed E-state index contributed by atoms with van der Waals surface area (Å²) in [5.41, 5.74) is 5.82. The largest absolute Gasteiger partial charge is 0.494 e. The number of carbonyl (C=O) groups is 1. The average Bonchev–Trinajstić information content (AvgIpc) is 2.56. The van der Waals surface area contributed by atoms with Gasteiger partial charge in [-0.15, -0.1) is 0 Å². The molecular weight excluding hydrogens is 276 g/mol. The molecule has 4 heteroatoms. The predicted molar refractivity (Wildman–Crippen MR) is 88.7 cm³/mol. The molecule has 122 valence electrons. The van der Waals surface area contributed by atoms with Crippen molar-refractivity contribution in [3.8, 4) is 5.75 Å². The Balaban J connectivity index is 1.72. The Kier molecular flexibility index (Phi) is 6.72. The van der Waals surface area contributed by atoms with Gasteiger partial charge in [-0.05, 0) is 43.9 Å². The molecule has 0 aliphatic heterocycles. The fourth-order valence-corrected chi connectivity index (χ4v) is 3.01. The molecule has 2 rings (SSSR count). The Hall–Kier alpha value is -1.55. The molecule has 1 fully saturated rings. The lowest BCUT2D eigenvalue weighted by molar-refractivity contribution is -0.126. The van der Waals surface area contributed by atoms with Crippen LogP contribution in [0, 0.1) is 11.8 Å². The third-order valence-corrected chi connectivity index (χ3v) is 4.55. The Morgan fingerprint density at radius 2 is 2.05 bits per heavy atom. The van der Waals surface area contributed by atoms with E-state index in [1.165, 1.54) is 12.8 Å². The summed E-state index contributed by atoms with van der Waals surface area (Å²) in [6.45, 7) is 3.18. The summed E-state index contributed by atoms with van der Waals surface area (Å²) < 4.78 is 5.66. The van der Waals surface area contributed by atoms with E-state index >= 15 is 0 Å². The molecule has 0 heterocycles. The summed E-state index contributed by atoms with van der Waals surface area (Å²) in [7, 11) is 0. The minimum atomic E-state index is -0.0379. The fraction of sp³-hybridized carbons (Fsp3) is 0.611. The number of hydrogen-bond acceptors (Lipinski definition) is 3. The smallest absolute Gasteiger partial charge is 0.223 e. The van der Waals surface area contributed by atoms with Crippen molar-refractivity contribution in [1.29, 1.82) is 0 Å². The summed E-state index contributed by atoms with van der Waals surface area (Å²) in [5, 5.41) is 3.19. The highest BCUT2D eigenvalue weighted by Crippen LogP contribution is 2.24. The van der Waals surface area contributed by atoms with Crippen molar-refractivity contribution < 1.29 is 9.53 Å². The number of hydrogen-bond donors (Lipinski definition) is 2. The number of carbonyl (C=O) groups excluding carboxylic acids is 1. The van der Waals surface area contributed by atoms with Crippen LogP contribution >= 0.6 is 0 Å². The molecule has 0 spiro atoms. The van der Waals surface area contributed by atoms with Gasteiger partial charge in [-0.25, -0.2) is 0 Å². The van der Waals surface area contributed by atoms with Crippen LogP contribution in [0.2, 0.25) is 0 Å². The lowest BCUT2D eigenvalue weighted by Crippen LogP contribution is -2.46. The highest BCUT2D eigenvalue weighted by Gasteiger charge is 2.26. The van der Waals surface area contributed by atoms with Crippen LogP contribution in [0.25, 0.3) is 0 Å². The van der Waals surface area contributed by atoms with E-state index in [0.29, 0.717) is 19.1 Å². The van der Waals surface area contributed by atoms with Crippen LogP contribution in [0.4, 0.5) is 0 Å². The minimum absolute atomic E-state index is 0.0379. The zero-order valence-corrected chi connectivity index (χ0v) is 13.5. The molecule has 1 aliphatic carbocycles. The third-order valence-electron chi connectivity index (χ3n) is 4.55. The number of ether oxygens (including phenoxy) is 1. The molecule has 22 heavy (non-hydrogen) atoms. The topological polar surface area (TPSA) is 64.3 Å². The molecule has 3 N–H and O–H groups in total. The Morgan fingerprint density at radius 1 is 1.32 bits per heavy atom. The zero-order valence-electron chi connectivity index (χ0n) is 13.5. The van der Waals surface area contributed by atoms with Crippen LogP contribution in [0.5, 0.6) is 5.75 Å². The fourth-order valence-electron chi connectivity index (χ4n) is 3.01. The molecule has 1 amide bonds. The molecule has 0 radical (unpaired) electrons. The van der Waals surface area contributed by atoms with E-state index < -0.39 is 0 Å². The van der Waals surface area contributed by atoms with Crippen molar-refractivity contribution >= 4 is 5.91 Å². The van der Waals surface area contributed by atoms with E-state index in [4.69, 9.17) is 10.5 Å². The Labute approximate surface area is 133 Å². The zero-order chi connectivity index (χ0) is 15.8. The van der Waals surface area contributed by atoms with E-state index in [2.05, 4.69) is 5.32 Å². The number of nitrogens with two attached hydrogens (primary N) is 1. The van der Waals surface area contributed by atoms with Crippen molar-refractivity contribution in [1.82, 2.24) is 5.32 Å². The van der Waals surface area contributed by atoms with Gasteiger partial charge in [0.25, 0.3) is 0 Å². The molecule has 1 aromatic carbocycles. The van der Waals surface area contributed by atoms with Crippen LogP contribution < -0.4 is 15.8 Å². The average molecular weight is 304 g/mol. The van der Waals surface area contributed by atoms with Crippen LogP contribution in [0.1, 0.15) is 39.0 Å². The summed E-state index contributed by atoms with van der Waals surface area (Å²) >= 11 is 0. The van der Waals surface area contributed by atoms with Crippen molar-refractivity contribution in [3.63, 3.8) is 0 Å². The third kappa shape index (κ3) is 5.02. The van der Waals surface area contributed by atoms with Crippen molar-refractivity contribution in [2.45, 2.75) is 45.1 Å². The summed E-state index contributed by atoms with van der Waals surface area (Å²) in [5.74, 6) is 1.38. The molecule has 0 saturated heterocycles. The van der Waals surface area contributed by atoms with Gasteiger partial charge in [-0.1, -0.05) is 38.0 Å². The van der Waals surface area contributed by atoms with E-state index in [0.717, 1.165) is 25.0 Å². The molecule has 1 aliphatic rings. The van der Waals surface area contributed by atoms with Gasteiger partial charge in [0.05, 0.1) is 6.61 Å². The first kappa shape index (κ1) is 16.8. The molecule has 1 aromatic rings. The van der Waals surface area contributed by atoms with Gasteiger partial charge in [-0.2, -0.15) is 0 Å². The highest BCUT2D eigenvalue weighted by atomic mass is 16.5. The lowest BCUT2D eigenvalue weighted by Gasteiger charge is -2.32. The first-order valence-corrected chi connectivity index (χ1v) is 8.39. The van der Waals surface area contributed by atoms with E-state index in [1.54, 1.807) is 0 Å². The van der Waals surface area contributed by atoms with Gasteiger partial charge in [0, 0.05) is 12.0 Å². The normalized spacial score (nSPS) is 22.8. The summed E-state index contributed by atoms with van der Waals surface area (Å²) in [6.07, 6.45) is 5.33. The molecule has 3 atom stereocenters. The second-order valence-electron chi connectivity index (χ2n) is 6.25. The molecule has 0 aromatic heterocycles. The quantitative estimate of drug-likeness (QED) is 0.814.